The lowest BCUT2D eigenvalue weighted by atomic mass is 10.2. The number of esters is 2. The van der Waals surface area contributed by atoms with Crippen LogP contribution in [0.15, 0.2) is 0 Å². The predicted molar refractivity (Wildman–Crippen MR) is 174 cm³/mol. The van der Waals surface area contributed by atoms with E-state index in [1.54, 1.807) is 0 Å². The summed E-state index contributed by atoms with van der Waals surface area (Å²) < 4.78 is 64.4. The summed E-state index contributed by atoms with van der Waals surface area (Å²) in [6.45, 7) is 16.4. The molecule has 47 heavy (non-hydrogen) atoms. The predicted octanol–water partition coefficient (Wildman–Crippen LogP) is 3.01. The summed E-state index contributed by atoms with van der Waals surface area (Å²) in [4.78, 5) is 23.0. The van der Waals surface area contributed by atoms with Gasteiger partial charge in [0.05, 0.1) is 126 Å². The molecule has 0 unspecified atom stereocenters. The first-order valence-electron chi connectivity index (χ1n) is 17.0. The van der Waals surface area contributed by atoms with Gasteiger partial charge in [0.2, 0.25) is 0 Å². The number of carbonyl (C=O) groups excluding carboxylic acids is 2. The van der Waals surface area contributed by atoms with Crippen LogP contribution in [-0.4, -0.2) is 156 Å². The molecule has 0 saturated heterocycles. The van der Waals surface area contributed by atoms with E-state index in [-0.39, 0.29) is 25.2 Å². The molecule has 0 aliphatic carbocycles. The van der Waals surface area contributed by atoms with Crippen LogP contribution in [0.25, 0.3) is 0 Å². The lowest BCUT2D eigenvalue weighted by Crippen LogP contribution is -2.27. The third-order valence-corrected chi connectivity index (χ3v) is 5.71. The minimum atomic E-state index is -0.513. The van der Waals surface area contributed by atoms with Gasteiger partial charge in [-0.3, -0.25) is 4.79 Å². The Bertz CT molecular complexity index is 674. The van der Waals surface area contributed by atoms with Crippen molar-refractivity contribution >= 4 is 11.9 Å². The minimum Gasteiger partial charge on any atom is -0.463 e. The molecule has 0 aliphatic rings. The number of ether oxygens (including phenoxy) is 12. The Labute approximate surface area is 282 Å². The van der Waals surface area contributed by atoms with E-state index in [0.717, 1.165) is 25.7 Å². The first kappa shape index (κ1) is 45.5. The van der Waals surface area contributed by atoms with Crippen LogP contribution in [0.5, 0.6) is 0 Å². The van der Waals surface area contributed by atoms with Crippen LogP contribution < -0.4 is 0 Å². The normalized spacial score (nSPS) is 11.7. The first-order chi connectivity index (χ1) is 22.8. The summed E-state index contributed by atoms with van der Waals surface area (Å²) in [5.74, 6) is -0.545. The fraction of sp³-hybridized carbons (Fsp3) is 0.939. The van der Waals surface area contributed by atoms with Crippen molar-refractivity contribution in [1.29, 1.82) is 0 Å². The van der Waals surface area contributed by atoms with Crippen LogP contribution in [0.2, 0.25) is 0 Å². The number of hydrogen-bond donors (Lipinski definition) is 0. The molecule has 0 aromatic carbocycles. The number of rotatable bonds is 37. The van der Waals surface area contributed by atoms with E-state index in [0.29, 0.717) is 132 Å². The number of unbranched alkanes of at least 4 members (excludes halogenated alkanes) is 3. The highest BCUT2D eigenvalue weighted by molar-refractivity contribution is 5.71. The van der Waals surface area contributed by atoms with Gasteiger partial charge in [0.25, 0.3) is 0 Å². The molecule has 0 spiro atoms. The lowest BCUT2D eigenvalue weighted by Gasteiger charge is -2.19. The summed E-state index contributed by atoms with van der Waals surface area (Å²) in [7, 11) is 0. The van der Waals surface area contributed by atoms with Gasteiger partial charge in [-0.15, -0.1) is 0 Å². The Balaban J connectivity index is 3.13. The largest absolute Gasteiger partial charge is 0.463 e. The quantitative estimate of drug-likeness (QED) is 0.0698. The number of carbonyl (C=O) groups is 2. The van der Waals surface area contributed by atoms with E-state index in [9.17, 15) is 9.59 Å². The van der Waals surface area contributed by atoms with Gasteiger partial charge in [-0.25, -0.2) is 4.79 Å². The third kappa shape index (κ3) is 40.6. The summed E-state index contributed by atoms with van der Waals surface area (Å²) in [6, 6.07) is 0. The lowest BCUT2D eigenvalue weighted by molar-refractivity contribution is -0.160. The van der Waals surface area contributed by atoms with Gasteiger partial charge in [-0.05, 0) is 27.2 Å². The van der Waals surface area contributed by atoms with Crippen LogP contribution in [0.4, 0.5) is 0 Å². The van der Waals surface area contributed by atoms with Gasteiger partial charge in [-0.1, -0.05) is 26.2 Å². The second-order valence-corrected chi connectivity index (χ2v) is 11.2. The van der Waals surface area contributed by atoms with Crippen molar-refractivity contribution in [3.05, 3.63) is 0 Å². The maximum Gasteiger partial charge on any atom is 0.332 e. The zero-order valence-electron chi connectivity index (χ0n) is 29.6. The average Bonchev–Trinajstić information content (AvgIpc) is 3.02. The van der Waals surface area contributed by atoms with Gasteiger partial charge in [0.15, 0.2) is 0 Å². The Kier molecular flexibility index (Phi) is 34.7. The van der Waals surface area contributed by atoms with E-state index >= 15 is 0 Å². The zero-order valence-corrected chi connectivity index (χ0v) is 29.6. The minimum absolute atomic E-state index is 0.0856. The molecule has 0 heterocycles. The molecule has 0 rings (SSSR count). The second-order valence-electron chi connectivity index (χ2n) is 11.2. The molecular weight excluding hydrogens is 620 g/mol. The molecular formula is C33H64O14. The van der Waals surface area contributed by atoms with E-state index in [4.69, 9.17) is 56.8 Å². The van der Waals surface area contributed by atoms with Crippen LogP contribution in [-0.2, 0) is 66.4 Å². The van der Waals surface area contributed by atoms with Gasteiger partial charge >= 0.3 is 11.9 Å². The SMILES string of the molecule is CCCCCCC(=O)OCCOCCOCCOCCOCCOCCOCCOCCOCCOCCOCC(=O)OC(C)(C)C. The molecule has 14 heteroatoms. The molecule has 0 aliphatic heterocycles. The second kappa shape index (κ2) is 35.8. The van der Waals surface area contributed by atoms with Gasteiger partial charge in [0.1, 0.15) is 18.8 Å². The Morgan fingerprint density at radius 3 is 1.04 bits per heavy atom. The van der Waals surface area contributed by atoms with Crippen LogP contribution in [0, 0.1) is 0 Å². The van der Waals surface area contributed by atoms with Gasteiger partial charge in [0, 0.05) is 6.42 Å². The molecule has 0 saturated carbocycles. The van der Waals surface area contributed by atoms with Gasteiger partial charge in [-0.2, -0.15) is 0 Å². The fourth-order valence-electron chi connectivity index (χ4n) is 3.49. The maximum absolute atomic E-state index is 11.5. The van der Waals surface area contributed by atoms with Crippen LogP contribution in [0.3, 0.4) is 0 Å². The molecule has 0 fully saturated rings. The highest BCUT2D eigenvalue weighted by Crippen LogP contribution is 2.06. The molecule has 0 bridgehead atoms. The fourth-order valence-corrected chi connectivity index (χ4v) is 3.49. The molecule has 0 aromatic heterocycles. The maximum atomic E-state index is 11.5. The van der Waals surface area contributed by atoms with E-state index in [1.807, 2.05) is 20.8 Å². The molecule has 280 valence electrons. The van der Waals surface area contributed by atoms with E-state index in [1.165, 1.54) is 0 Å². The summed E-state index contributed by atoms with van der Waals surface area (Å²) in [5.41, 5.74) is -0.513. The molecule has 0 aromatic rings. The molecule has 0 amide bonds. The van der Waals surface area contributed by atoms with Crippen molar-refractivity contribution < 1.29 is 66.4 Å². The van der Waals surface area contributed by atoms with Crippen molar-refractivity contribution in [1.82, 2.24) is 0 Å². The Hall–Kier alpha value is -1.46. The summed E-state index contributed by atoms with van der Waals surface area (Å²) in [6.07, 6.45) is 4.74. The van der Waals surface area contributed by atoms with Crippen molar-refractivity contribution in [2.24, 2.45) is 0 Å². The van der Waals surface area contributed by atoms with Gasteiger partial charge < -0.3 is 56.8 Å². The van der Waals surface area contributed by atoms with E-state index in [2.05, 4.69) is 6.92 Å². The summed E-state index contributed by atoms with van der Waals surface area (Å²) in [5, 5.41) is 0. The van der Waals surface area contributed by atoms with Crippen molar-refractivity contribution in [3.8, 4) is 0 Å². The standard InChI is InChI=1S/C33H64O14/c1-5-6-7-8-9-31(34)46-29-28-44-25-24-42-21-20-40-17-16-38-13-12-36-10-11-37-14-15-39-18-19-41-22-23-43-26-27-45-30-32(35)47-33(2,3)4/h5-30H2,1-4H3. The van der Waals surface area contributed by atoms with Crippen LogP contribution >= 0.6 is 0 Å². The molecule has 0 radical (unpaired) electrons. The van der Waals surface area contributed by atoms with E-state index < -0.39 is 5.60 Å². The smallest absolute Gasteiger partial charge is 0.332 e. The molecule has 0 N–H and O–H groups in total. The highest BCUT2D eigenvalue weighted by atomic mass is 16.6. The highest BCUT2D eigenvalue weighted by Gasteiger charge is 2.15. The number of hydrogen-bond acceptors (Lipinski definition) is 14. The molecule has 14 nitrogen and oxygen atoms in total. The zero-order chi connectivity index (χ0) is 34.5. The van der Waals surface area contributed by atoms with Crippen LogP contribution in [0.1, 0.15) is 59.8 Å². The molecule has 0 atom stereocenters. The average molecular weight is 685 g/mol. The Morgan fingerprint density at radius 1 is 0.404 bits per heavy atom. The third-order valence-electron chi connectivity index (χ3n) is 5.71. The van der Waals surface area contributed by atoms with Crippen molar-refractivity contribution in [3.63, 3.8) is 0 Å². The Morgan fingerprint density at radius 2 is 0.723 bits per heavy atom. The topological polar surface area (TPSA) is 145 Å². The van der Waals surface area contributed by atoms with Crippen molar-refractivity contribution in [2.45, 2.75) is 65.4 Å². The summed E-state index contributed by atoms with van der Waals surface area (Å²) >= 11 is 0. The van der Waals surface area contributed by atoms with Crippen molar-refractivity contribution in [2.75, 3.05) is 139 Å². The first-order valence-corrected chi connectivity index (χ1v) is 17.0. The monoisotopic (exact) mass is 684 g/mol.